The van der Waals surface area contributed by atoms with Crippen LogP contribution in [0.25, 0.3) is 0 Å². The molecule has 1 aliphatic rings. The van der Waals surface area contributed by atoms with Gasteiger partial charge in [0.05, 0.1) is 6.10 Å². The first-order valence-corrected chi connectivity index (χ1v) is 10.9. The van der Waals surface area contributed by atoms with E-state index in [0.717, 1.165) is 51.0 Å². The van der Waals surface area contributed by atoms with Crippen molar-refractivity contribution < 1.29 is 4.74 Å². The molecular formula is C22H40IN5O. The number of nitrogens with zero attached hydrogens (tertiary/aromatic N) is 3. The summed E-state index contributed by atoms with van der Waals surface area (Å²) in [7, 11) is 1.81. The number of ether oxygens (including phenoxy) is 1. The van der Waals surface area contributed by atoms with E-state index in [2.05, 4.69) is 58.4 Å². The molecule has 1 aromatic rings. The second kappa shape index (κ2) is 14.8. The first-order valence-electron chi connectivity index (χ1n) is 10.9. The second-order valence-electron chi connectivity index (χ2n) is 7.80. The van der Waals surface area contributed by atoms with Gasteiger partial charge in [-0.05, 0) is 49.8 Å². The number of nitrogens with one attached hydrogen (secondary N) is 2. The summed E-state index contributed by atoms with van der Waals surface area (Å²) in [5, 5.41) is 6.82. The molecule has 1 unspecified atom stereocenters. The highest BCUT2D eigenvalue weighted by atomic mass is 127. The molecule has 2 heterocycles. The van der Waals surface area contributed by atoms with E-state index in [4.69, 9.17) is 4.74 Å². The molecule has 166 valence electrons. The Morgan fingerprint density at radius 2 is 1.93 bits per heavy atom. The number of anilines is 1. The smallest absolute Gasteiger partial charge is 0.191 e. The summed E-state index contributed by atoms with van der Waals surface area (Å²) in [4.78, 5) is 11.4. The second-order valence-corrected chi connectivity index (χ2v) is 7.80. The Labute approximate surface area is 194 Å². The van der Waals surface area contributed by atoms with Crippen LogP contribution in [0.3, 0.4) is 0 Å². The van der Waals surface area contributed by atoms with Crippen molar-refractivity contribution >= 4 is 35.8 Å². The van der Waals surface area contributed by atoms with Crippen LogP contribution in [-0.4, -0.2) is 50.3 Å². The average Bonchev–Trinajstić information content (AvgIpc) is 2.99. The van der Waals surface area contributed by atoms with Gasteiger partial charge in [0.2, 0.25) is 0 Å². The van der Waals surface area contributed by atoms with E-state index in [1.54, 1.807) is 0 Å². The van der Waals surface area contributed by atoms with Crippen molar-refractivity contribution in [1.29, 1.82) is 0 Å². The maximum atomic E-state index is 5.82. The lowest BCUT2D eigenvalue weighted by Crippen LogP contribution is -2.39. The van der Waals surface area contributed by atoms with Crippen LogP contribution in [0.5, 0.6) is 0 Å². The third kappa shape index (κ3) is 9.51. The van der Waals surface area contributed by atoms with E-state index in [1.165, 1.54) is 31.2 Å². The lowest BCUT2D eigenvalue weighted by Gasteiger charge is -2.22. The number of aliphatic imine (C=N–C) groups is 1. The Hall–Kier alpha value is -1.09. The molecule has 1 fully saturated rings. The van der Waals surface area contributed by atoms with Gasteiger partial charge in [-0.15, -0.1) is 24.0 Å². The van der Waals surface area contributed by atoms with Gasteiger partial charge >= 0.3 is 0 Å². The van der Waals surface area contributed by atoms with Crippen molar-refractivity contribution in [1.82, 2.24) is 15.6 Å². The molecule has 0 amide bonds. The Kier molecular flexibility index (Phi) is 13.3. The lowest BCUT2D eigenvalue weighted by molar-refractivity contribution is 0.0258. The van der Waals surface area contributed by atoms with Crippen molar-refractivity contribution in [2.45, 2.75) is 65.5 Å². The summed E-state index contributed by atoms with van der Waals surface area (Å²) < 4.78 is 5.82. The number of hydrogen-bond donors (Lipinski definition) is 2. The summed E-state index contributed by atoms with van der Waals surface area (Å²) in [6.07, 6.45) is 8.37. The number of aromatic nitrogens is 1. The first-order chi connectivity index (χ1) is 13.6. The highest BCUT2D eigenvalue weighted by Gasteiger charge is 2.13. The predicted octanol–water partition coefficient (Wildman–Crippen LogP) is 4.20. The SMILES string of the molecule is CCOC(CCNC(=NC)NCc1ccnc(N2CCCCCC2)c1)C(C)C.I. The van der Waals surface area contributed by atoms with Crippen molar-refractivity contribution in [3.05, 3.63) is 23.9 Å². The van der Waals surface area contributed by atoms with Crippen LogP contribution in [0.4, 0.5) is 5.82 Å². The van der Waals surface area contributed by atoms with Crippen molar-refractivity contribution in [3.8, 4) is 0 Å². The molecule has 29 heavy (non-hydrogen) atoms. The van der Waals surface area contributed by atoms with E-state index in [0.29, 0.717) is 5.92 Å². The predicted molar refractivity (Wildman–Crippen MR) is 133 cm³/mol. The van der Waals surface area contributed by atoms with Crippen LogP contribution in [-0.2, 0) is 11.3 Å². The molecule has 0 saturated carbocycles. The van der Waals surface area contributed by atoms with Crippen LogP contribution < -0.4 is 15.5 Å². The van der Waals surface area contributed by atoms with Crippen LogP contribution in [0.2, 0.25) is 0 Å². The zero-order valence-electron chi connectivity index (χ0n) is 18.6. The van der Waals surface area contributed by atoms with Gasteiger partial charge in [-0.2, -0.15) is 0 Å². The summed E-state index contributed by atoms with van der Waals surface area (Å²) in [6.45, 7) is 11.0. The lowest BCUT2D eigenvalue weighted by atomic mass is 10.0. The van der Waals surface area contributed by atoms with E-state index >= 15 is 0 Å². The molecule has 1 atom stereocenters. The number of rotatable bonds is 9. The fourth-order valence-corrected chi connectivity index (χ4v) is 3.61. The Balaban J connectivity index is 0.00000420. The molecule has 0 bridgehead atoms. The average molecular weight is 518 g/mol. The standard InChI is InChI=1S/C22H39N5O.HI/c1-5-28-20(18(2)3)11-13-25-22(23-4)26-17-19-10-12-24-21(16-19)27-14-8-6-7-9-15-27;/h10,12,16,18,20H,5-9,11,13-15,17H2,1-4H3,(H2,23,25,26);1H. The number of hydrogen-bond acceptors (Lipinski definition) is 4. The van der Waals surface area contributed by atoms with Gasteiger partial charge in [0.25, 0.3) is 0 Å². The van der Waals surface area contributed by atoms with Gasteiger partial charge in [0.15, 0.2) is 5.96 Å². The van der Waals surface area contributed by atoms with E-state index in [9.17, 15) is 0 Å². The molecule has 1 aliphatic heterocycles. The van der Waals surface area contributed by atoms with Gasteiger partial charge in [0, 0.05) is 46.0 Å². The number of halogens is 1. The highest BCUT2D eigenvalue weighted by Crippen LogP contribution is 2.18. The quantitative estimate of drug-likeness (QED) is 0.292. The minimum atomic E-state index is 0. The first kappa shape index (κ1) is 25.9. The fraction of sp³-hybridized carbons (Fsp3) is 0.727. The molecule has 0 radical (unpaired) electrons. The van der Waals surface area contributed by atoms with E-state index < -0.39 is 0 Å². The third-order valence-electron chi connectivity index (χ3n) is 5.27. The highest BCUT2D eigenvalue weighted by molar-refractivity contribution is 14.0. The number of guanidine groups is 1. The molecule has 2 rings (SSSR count). The number of pyridine rings is 1. The molecule has 6 nitrogen and oxygen atoms in total. The Morgan fingerprint density at radius 1 is 1.21 bits per heavy atom. The molecule has 1 aromatic heterocycles. The van der Waals surface area contributed by atoms with Crippen molar-refractivity contribution in [2.75, 3.05) is 38.2 Å². The molecule has 1 saturated heterocycles. The van der Waals surface area contributed by atoms with Gasteiger partial charge in [-0.1, -0.05) is 26.7 Å². The molecular weight excluding hydrogens is 477 g/mol. The van der Waals surface area contributed by atoms with E-state index in [1.807, 2.05) is 13.2 Å². The van der Waals surface area contributed by atoms with Gasteiger partial charge in [-0.25, -0.2) is 4.98 Å². The molecule has 0 spiro atoms. The van der Waals surface area contributed by atoms with Gasteiger partial charge in [0.1, 0.15) is 5.82 Å². The van der Waals surface area contributed by atoms with Gasteiger partial charge < -0.3 is 20.3 Å². The largest absolute Gasteiger partial charge is 0.378 e. The summed E-state index contributed by atoms with van der Waals surface area (Å²) in [5.74, 6) is 2.44. The summed E-state index contributed by atoms with van der Waals surface area (Å²) in [6, 6.07) is 4.28. The molecule has 0 aliphatic carbocycles. The monoisotopic (exact) mass is 517 g/mol. The van der Waals surface area contributed by atoms with Gasteiger partial charge in [-0.3, -0.25) is 4.99 Å². The van der Waals surface area contributed by atoms with Crippen molar-refractivity contribution in [3.63, 3.8) is 0 Å². The fourth-order valence-electron chi connectivity index (χ4n) is 3.61. The third-order valence-corrected chi connectivity index (χ3v) is 5.27. The normalized spacial score (nSPS) is 16.2. The van der Waals surface area contributed by atoms with Crippen LogP contribution in [0, 0.1) is 5.92 Å². The maximum Gasteiger partial charge on any atom is 0.191 e. The molecule has 2 N–H and O–H groups in total. The van der Waals surface area contributed by atoms with Crippen LogP contribution in [0.15, 0.2) is 23.3 Å². The topological polar surface area (TPSA) is 61.8 Å². The van der Waals surface area contributed by atoms with Crippen molar-refractivity contribution in [2.24, 2.45) is 10.9 Å². The minimum Gasteiger partial charge on any atom is -0.378 e. The zero-order valence-corrected chi connectivity index (χ0v) is 20.9. The van der Waals surface area contributed by atoms with Crippen LogP contribution >= 0.6 is 24.0 Å². The van der Waals surface area contributed by atoms with E-state index in [-0.39, 0.29) is 30.1 Å². The molecule has 0 aromatic carbocycles. The summed E-state index contributed by atoms with van der Waals surface area (Å²) >= 11 is 0. The minimum absolute atomic E-state index is 0. The Morgan fingerprint density at radius 3 is 2.55 bits per heavy atom. The molecule has 7 heteroatoms. The summed E-state index contributed by atoms with van der Waals surface area (Å²) in [5.41, 5.74) is 1.23. The Bertz CT molecular complexity index is 588. The van der Waals surface area contributed by atoms with Crippen LogP contribution in [0.1, 0.15) is 58.4 Å². The maximum absolute atomic E-state index is 5.82. The zero-order chi connectivity index (χ0) is 20.2.